The van der Waals surface area contributed by atoms with Crippen molar-refractivity contribution in [2.75, 3.05) is 58.0 Å². The number of benzene rings is 2. The Morgan fingerprint density at radius 2 is 1.75 bits per heavy atom. The smallest absolute Gasteiger partial charge is 0.268 e. The van der Waals surface area contributed by atoms with Crippen LogP contribution in [0.4, 0.5) is 5.69 Å². The first-order valence-corrected chi connectivity index (χ1v) is 13.3. The third-order valence-electron chi connectivity index (χ3n) is 8.22. The van der Waals surface area contributed by atoms with Gasteiger partial charge in [0.05, 0.1) is 20.3 Å². The second-order valence-corrected chi connectivity index (χ2v) is 10.7. The zero-order chi connectivity index (χ0) is 24.5. The molecule has 7 nitrogen and oxygen atoms in total. The number of hydrogen-bond donors (Lipinski definition) is 0. The fourth-order valence-corrected chi connectivity index (χ4v) is 5.58. The van der Waals surface area contributed by atoms with E-state index >= 15 is 0 Å². The molecule has 1 amide bonds. The van der Waals surface area contributed by atoms with E-state index in [1.807, 2.05) is 30.3 Å². The van der Waals surface area contributed by atoms with Gasteiger partial charge in [0.2, 0.25) is 0 Å². The van der Waals surface area contributed by atoms with Gasteiger partial charge in [-0.25, -0.2) is 0 Å². The Morgan fingerprint density at radius 1 is 0.972 bits per heavy atom. The molecule has 0 unspecified atom stereocenters. The van der Waals surface area contributed by atoms with E-state index in [1.165, 1.54) is 31.2 Å². The molecular formula is C29H36N2O5. The van der Waals surface area contributed by atoms with Crippen LogP contribution in [0.2, 0.25) is 0 Å². The van der Waals surface area contributed by atoms with Crippen molar-refractivity contribution < 1.29 is 23.7 Å². The maximum atomic E-state index is 13.1. The van der Waals surface area contributed by atoms with Gasteiger partial charge in [0.25, 0.3) is 5.91 Å². The number of hydrogen-bond acceptors (Lipinski definition) is 6. The molecule has 6 rings (SSSR count). The summed E-state index contributed by atoms with van der Waals surface area (Å²) in [5, 5.41) is 0. The van der Waals surface area contributed by atoms with Gasteiger partial charge in [-0.15, -0.1) is 0 Å². The number of amides is 1. The van der Waals surface area contributed by atoms with Crippen molar-refractivity contribution in [3.8, 4) is 17.2 Å². The SMILES string of the molecule is COc1cc(N2CC[C@H](Oc3ccc(C4CC4)cc3)C2=O)ccc1OCCN1CCC2(CC1)COC2. The number of methoxy groups -OCH3 is 1. The molecule has 1 aliphatic carbocycles. The van der Waals surface area contributed by atoms with Crippen molar-refractivity contribution in [2.24, 2.45) is 5.41 Å². The first-order valence-electron chi connectivity index (χ1n) is 13.3. The molecule has 36 heavy (non-hydrogen) atoms. The zero-order valence-electron chi connectivity index (χ0n) is 21.1. The lowest BCUT2D eigenvalue weighted by molar-refractivity contribution is -0.139. The predicted octanol–water partition coefficient (Wildman–Crippen LogP) is 4.25. The molecule has 7 heteroatoms. The topological polar surface area (TPSA) is 60.5 Å². The third-order valence-corrected chi connectivity index (χ3v) is 8.22. The Kier molecular flexibility index (Phi) is 6.52. The molecule has 2 aromatic rings. The number of piperidine rings is 1. The zero-order valence-corrected chi connectivity index (χ0v) is 21.1. The molecule has 0 radical (unpaired) electrons. The van der Waals surface area contributed by atoms with Crippen LogP contribution in [0.5, 0.6) is 17.2 Å². The van der Waals surface area contributed by atoms with Crippen LogP contribution in [0.1, 0.15) is 43.6 Å². The van der Waals surface area contributed by atoms with Gasteiger partial charge in [0, 0.05) is 36.7 Å². The molecule has 3 saturated heterocycles. The maximum absolute atomic E-state index is 13.1. The van der Waals surface area contributed by atoms with Crippen LogP contribution in [0.25, 0.3) is 0 Å². The van der Waals surface area contributed by atoms with E-state index in [2.05, 4.69) is 17.0 Å². The van der Waals surface area contributed by atoms with Gasteiger partial charge in [-0.2, -0.15) is 0 Å². The minimum absolute atomic E-state index is 0.0169. The fourth-order valence-electron chi connectivity index (χ4n) is 5.58. The van der Waals surface area contributed by atoms with Gasteiger partial charge >= 0.3 is 0 Å². The molecule has 3 heterocycles. The number of rotatable bonds is 9. The molecule has 4 fully saturated rings. The van der Waals surface area contributed by atoms with Crippen molar-refractivity contribution in [2.45, 2.75) is 44.1 Å². The number of carbonyl (C=O) groups excluding carboxylic acids is 1. The van der Waals surface area contributed by atoms with E-state index in [0.29, 0.717) is 42.4 Å². The van der Waals surface area contributed by atoms with Crippen molar-refractivity contribution in [3.63, 3.8) is 0 Å². The normalized spacial score (nSPS) is 23.5. The Balaban J connectivity index is 1.02. The highest BCUT2D eigenvalue weighted by atomic mass is 16.5. The van der Waals surface area contributed by atoms with E-state index in [4.69, 9.17) is 18.9 Å². The summed E-state index contributed by atoms with van der Waals surface area (Å²) in [6.07, 6.45) is 5.18. The molecule has 192 valence electrons. The van der Waals surface area contributed by atoms with E-state index in [1.54, 1.807) is 12.0 Å². The van der Waals surface area contributed by atoms with E-state index < -0.39 is 6.10 Å². The van der Waals surface area contributed by atoms with Crippen molar-refractivity contribution in [1.82, 2.24) is 4.90 Å². The molecule has 1 atom stereocenters. The summed E-state index contributed by atoms with van der Waals surface area (Å²) in [5.74, 6) is 2.80. The minimum atomic E-state index is -0.464. The van der Waals surface area contributed by atoms with Crippen molar-refractivity contribution in [3.05, 3.63) is 48.0 Å². The number of likely N-dealkylation sites (tertiary alicyclic amines) is 1. The molecule has 0 aromatic heterocycles. The monoisotopic (exact) mass is 492 g/mol. The van der Waals surface area contributed by atoms with Crippen LogP contribution in [-0.2, 0) is 9.53 Å². The quantitative estimate of drug-likeness (QED) is 0.522. The summed E-state index contributed by atoms with van der Waals surface area (Å²) in [6, 6.07) is 14.0. The lowest BCUT2D eigenvalue weighted by Crippen LogP contribution is -2.51. The first kappa shape index (κ1) is 23.6. The van der Waals surface area contributed by atoms with Crippen LogP contribution in [0.15, 0.2) is 42.5 Å². The van der Waals surface area contributed by atoms with Crippen LogP contribution >= 0.6 is 0 Å². The van der Waals surface area contributed by atoms with Gasteiger partial charge in [-0.1, -0.05) is 12.1 Å². The highest BCUT2D eigenvalue weighted by Crippen LogP contribution is 2.41. The summed E-state index contributed by atoms with van der Waals surface area (Å²) in [6.45, 7) is 6.20. The number of nitrogens with zero attached hydrogens (tertiary/aromatic N) is 2. The van der Waals surface area contributed by atoms with Crippen LogP contribution in [-0.4, -0.2) is 70.0 Å². The predicted molar refractivity (Wildman–Crippen MR) is 137 cm³/mol. The van der Waals surface area contributed by atoms with E-state index in [-0.39, 0.29) is 5.91 Å². The number of carbonyl (C=O) groups is 1. The number of anilines is 1. The average molecular weight is 493 g/mol. The van der Waals surface area contributed by atoms with Gasteiger partial charge in [-0.05, 0) is 74.5 Å². The summed E-state index contributed by atoms with van der Waals surface area (Å²) in [7, 11) is 1.64. The Morgan fingerprint density at radius 3 is 2.42 bits per heavy atom. The van der Waals surface area contributed by atoms with E-state index in [0.717, 1.165) is 44.3 Å². The van der Waals surface area contributed by atoms with Crippen LogP contribution in [0.3, 0.4) is 0 Å². The lowest BCUT2D eigenvalue weighted by atomic mass is 9.77. The molecular weight excluding hydrogens is 456 g/mol. The maximum Gasteiger partial charge on any atom is 0.268 e. The van der Waals surface area contributed by atoms with Crippen LogP contribution < -0.4 is 19.1 Å². The van der Waals surface area contributed by atoms with Crippen LogP contribution in [0, 0.1) is 5.41 Å². The molecule has 2 aromatic carbocycles. The Bertz CT molecular complexity index is 1070. The molecule has 4 aliphatic rings. The van der Waals surface area contributed by atoms with E-state index in [9.17, 15) is 4.79 Å². The standard InChI is InChI=1S/C29H36N2O5/c1-33-27-18-23(6-9-25(27)35-17-16-30-14-11-29(12-15-30)19-34-20-29)31-13-10-26(28(31)32)36-24-7-4-22(5-8-24)21-2-3-21/h4-9,18,21,26H,2-3,10-17,19-20H2,1H3/t26-/m0/s1. The average Bonchev–Trinajstić information content (AvgIpc) is 3.68. The van der Waals surface area contributed by atoms with Crippen molar-refractivity contribution >= 4 is 11.6 Å². The molecule has 1 saturated carbocycles. The summed E-state index contributed by atoms with van der Waals surface area (Å²) < 4.78 is 23.2. The molecule has 1 spiro atoms. The van der Waals surface area contributed by atoms with Crippen molar-refractivity contribution in [1.29, 1.82) is 0 Å². The summed E-state index contributed by atoms with van der Waals surface area (Å²) >= 11 is 0. The summed E-state index contributed by atoms with van der Waals surface area (Å²) in [4.78, 5) is 17.4. The second-order valence-electron chi connectivity index (χ2n) is 10.7. The van der Waals surface area contributed by atoms with Gasteiger partial charge in [0.15, 0.2) is 17.6 Å². The third kappa shape index (κ3) is 4.91. The van der Waals surface area contributed by atoms with Gasteiger partial charge in [-0.3, -0.25) is 9.69 Å². The second kappa shape index (κ2) is 9.94. The summed E-state index contributed by atoms with van der Waals surface area (Å²) in [5.41, 5.74) is 2.63. The minimum Gasteiger partial charge on any atom is -0.493 e. The number of ether oxygens (including phenoxy) is 4. The highest BCUT2D eigenvalue weighted by molar-refractivity contribution is 5.99. The molecule has 0 bridgehead atoms. The molecule has 0 N–H and O–H groups in total. The Hall–Kier alpha value is -2.77. The largest absolute Gasteiger partial charge is 0.493 e. The van der Waals surface area contributed by atoms with Gasteiger partial charge < -0.3 is 23.8 Å². The lowest BCUT2D eigenvalue weighted by Gasteiger charge is -2.47. The molecule has 3 aliphatic heterocycles. The Labute approximate surface area is 213 Å². The fraction of sp³-hybridized carbons (Fsp3) is 0.552. The first-order chi connectivity index (χ1) is 17.6. The highest BCUT2D eigenvalue weighted by Gasteiger charge is 2.41. The van der Waals surface area contributed by atoms with Gasteiger partial charge in [0.1, 0.15) is 12.4 Å².